The van der Waals surface area contributed by atoms with E-state index in [4.69, 9.17) is 0 Å². The molecular formula is C15H15BrFN5. The highest BCUT2D eigenvalue weighted by Gasteiger charge is 2.12. The molecule has 2 aromatic heterocycles. The van der Waals surface area contributed by atoms with Crippen LogP contribution in [0.3, 0.4) is 0 Å². The highest BCUT2D eigenvalue weighted by Crippen LogP contribution is 2.26. The molecule has 0 amide bonds. The Morgan fingerprint density at radius 2 is 2.18 bits per heavy atom. The SMILES string of the molecule is Cn1nc(Br)c2c(NCCCc3cccc(F)c3)ncnc21. The molecule has 1 aromatic carbocycles. The van der Waals surface area contributed by atoms with E-state index in [1.54, 1.807) is 16.8 Å². The minimum absolute atomic E-state index is 0.192. The molecule has 0 fully saturated rings. The molecule has 114 valence electrons. The van der Waals surface area contributed by atoms with Gasteiger partial charge in [-0.25, -0.2) is 19.0 Å². The molecule has 0 aliphatic heterocycles. The van der Waals surface area contributed by atoms with Crippen molar-refractivity contribution >= 4 is 32.8 Å². The van der Waals surface area contributed by atoms with Gasteiger partial charge in [0.25, 0.3) is 0 Å². The smallest absolute Gasteiger partial charge is 0.164 e. The van der Waals surface area contributed by atoms with Gasteiger partial charge in [-0.15, -0.1) is 0 Å². The Morgan fingerprint density at radius 3 is 3.00 bits per heavy atom. The van der Waals surface area contributed by atoms with Crippen molar-refractivity contribution in [2.75, 3.05) is 11.9 Å². The number of benzene rings is 1. The van der Waals surface area contributed by atoms with Gasteiger partial charge in [0.2, 0.25) is 0 Å². The van der Waals surface area contributed by atoms with Crippen molar-refractivity contribution in [3.63, 3.8) is 0 Å². The van der Waals surface area contributed by atoms with Crippen molar-refractivity contribution in [2.24, 2.45) is 7.05 Å². The van der Waals surface area contributed by atoms with Gasteiger partial charge in [-0.05, 0) is 46.5 Å². The number of aryl methyl sites for hydroxylation is 2. The molecule has 0 saturated carbocycles. The lowest BCUT2D eigenvalue weighted by Crippen LogP contribution is -2.05. The number of hydrogen-bond acceptors (Lipinski definition) is 4. The maximum atomic E-state index is 13.1. The number of fused-ring (bicyclic) bond motifs is 1. The highest BCUT2D eigenvalue weighted by molar-refractivity contribution is 9.10. The van der Waals surface area contributed by atoms with Gasteiger partial charge in [0.15, 0.2) is 5.65 Å². The van der Waals surface area contributed by atoms with Crippen molar-refractivity contribution in [3.8, 4) is 0 Å². The third-order valence-electron chi connectivity index (χ3n) is 3.40. The zero-order chi connectivity index (χ0) is 15.5. The first-order chi connectivity index (χ1) is 10.6. The Kier molecular flexibility index (Phi) is 4.33. The normalized spacial score (nSPS) is 11.0. The largest absolute Gasteiger partial charge is 0.369 e. The first-order valence-corrected chi connectivity index (χ1v) is 7.76. The Morgan fingerprint density at radius 1 is 1.32 bits per heavy atom. The van der Waals surface area contributed by atoms with Crippen LogP contribution in [0.2, 0.25) is 0 Å². The molecule has 22 heavy (non-hydrogen) atoms. The minimum Gasteiger partial charge on any atom is -0.369 e. The fraction of sp³-hybridized carbons (Fsp3) is 0.267. The second-order valence-corrected chi connectivity index (χ2v) is 5.75. The van der Waals surface area contributed by atoms with E-state index >= 15 is 0 Å². The van der Waals surface area contributed by atoms with E-state index < -0.39 is 0 Å². The summed E-state index contributed by atoms with van der Waals surface area (Å²) in [6.07, 6.45) is 3.21. The average molecular weight is 364 g/mol. The third kappa shape index (κ3) is 3.09. The van der Waals surface area contributed by atoms with Crippen LogP contribution < -0.4 is 5.32 Å². The van der Waals surface area contributed by atoms with Crippen LogP contribution in [0.4, 0.5) is 10.2 Å². The highest BCUT2D eigenvalue weighted by atomic mass is 79.9. The molecule has 0 spiro atoms. The van der Waals surface area contributed by atoms with Crippen LogP contribution in [0.5, 0.6) is 0 Å². The van der Waals surface area contributed by atoms with E-state index in [0.717, 1.165) is 46.4 Å². The topological polar surface area (TPSA) is 55.6 Å². The van der Waals surface area contributed by atoms with E-state index in [-0.39, 0.29) is 5.82 Å². The lowest BCUT2D eigenvalue weighted by atomic mass is 10.1. The van der Waals surface area contributed by atoms with Gasteiger partial charge < -0.3 is 5.32 Å². The van der Waals surface area contributed by atoms with E-state index in [2.05, 4.69) is 36.3 Å². The van der Waals surface area contributed by atoms with Gasteiger partial charge in [0.05, 0.1) is 5.39 Å². The molecule has 0 radical (unpaired) electrons. The quantitative estimate of drug-likeness (QED) is 0.706. The first-order valence-electron chi connectivity index (χ1n) is 6.96. The van der Waals surface area contributed by atoms with Crippen molar-refractivity contribution in [2.45, 2.75) is 12.8 Å². The predicted octanol–water partition coefficient (Wildman–Crippen LogP) is 3.31. The number of anilines is 1. The Balaban J connectivity index is 1.65. The molecule has 7 heteroatoms. The van der Waals surface area contributed by atoms with Crippen LogP contribution >= 0.6 is 15.9 Å². The van der Waals surface area contributed by atoms with E-state index in [1.165, 1.54) is 12.4 Å². The second-order valence-electron chi connectivity index (χ2n) is 5.00. The maximum absolute atomic E-state index is 13.1. The number of nitrogens with zero attached hydrogens (tertiary/aromatic N) is 4. The molecule has 0 bridgehead atoms. The van der Waals surface area contributed by atoms with Crippen molar-refractivity contribution < 1.29 is 4.39 Å². The number of hydrogen-bond donors (Lipinski definition) is 1. The fourth-order valence-electron chi connectivity index (χ4n) is 2.37. The Bertz CT molecular complexity index is 802. The number of aromatic nitrogens is 4. The summed E-state index contributed by atoms with van der Waals surface area (Å²) >= 11 is 3.43. The minimum atomic E-state index is -0.192. The number of nitrogens with one attached hydrogen (secondary N) is 1. The molecule has 0 aliphatic rings. The zero-order valence-electron chi connectivity index (χ0n) is 12.1. The van der Waals surface area contributed by atoms with Gasteiger partial charge in [-0.2, -0.15) is 5.10 Å². The lowest BCUT2D eigenvalue weighted by molar-refractivity contribution is 0.624. The summed E-state index contributed by atoms with van der Waals surface area (Å²) < 4.78 is 15.5. The van der Waals surface area contributed by atoms with E-state index in [0.29, 0.717) is 0 Å². The van der Waals surface area contributed by atoms with Gasteiger partial charge in [0.1, 0.15) is 22.6 Å². The molecule has 3 rings (SSSR count). The molecule has 0 aliphatic carbocycles. The maximum Gasteiger partial charge on any atom is 0.164 e. The van der Waals surface area contributed by atoms with Crippen LogP contribution in [0.1, 0.15) is 12.0 Å². The second kappa shape index (κ2) is 6.39. The summed E-state index contributed by atoms with van der Waals surface area (Å²) in [5, 5.41) is 8.46. The zero-order valence-corrected chi connectivity index (χ0v) is 13.6. The molecule has 0 unspecified atom stereocenters. The standard InChI is InChI=1S/C15H15BrFN5/c1-22-15-12(13(16)21-22)14(19-9-20-15)18-7-3-5-10-4-2-6-11(17)8-10/h2,4,6,8-9H,3,5,7H2,1H3,(H,18,19,20). The van der Waals surface area contributed by atoms with Crippen LogP contribution in [0.25, 0.3) is 11.0 Å². The Hall–Kier alpha value is -2.02. The van der Waals surface area contributed by atoms with Crippen molar-refractivity contribution in [1.29, 1.82) is 0 Å². The number of halogens is 2. The lowest BCUT2D eigenvalue weighted by Gasteiger charge is -2.07. The molecular weight excluding hydrogens is 349 g/mol. The molecule has 3 aromatic rings. The van der Waals surface area contributed by atoms with Crippen LogP contribution in [0, 0.1) is 5.82 Å². The molecule has 5 nitrogen and oxygen atoms in total. The van der Waals surface area contributed by atoms with Crippen LogP contribution in [-0.4, -0.2) is 26.3 Å². The summed E-state index contributed by atoms with van der Waals surface area (Å²) in [6.45, 7) is 0.740. The van der Waals surface area contributed by atoms with Gasteiger partial charge in [-0.1, -0.05) is 12.1 Å². The van der Waals surface area contributed by atoms with Gasteiger partial charge >= 0.3 is 0 Å². The molecule has 0 saturated heterocycles. The summed E-state index contributed by atoms with van der Waals surface area (Å²) in [6, 6.07) is 6.70. The van der Waals surface area contributed by atoms with E-state index in [1.807, 2.05) is 13.1 Å². The Labute approximate surface area is 135 Å². The summed E-state index contributed by atoms with van der Waals surface area (Å²) in [5.74, 6) is 0.562. The van der Waals surface area contributed by atoms with Crippen LogP contribution in [-0.2, 0) is 13.5 Å². The van der Waals surface area contributed by atoms with Gasteiger partial charge in [-0.3, -0.25) is 0 Å². The molecule has 1 N–H and O–H groups in total. The fourth-order valence-corrected chi connectivity index (χ4v) is 2.97. The average Bonchev–Trinajstić information content (AvgIpc) is 2.79. The number of rotatable bonds is 5. The summed E-state index contributed by atoms with van der Waals surface area (Å²) in [7, 11) is 1.84. The van der Waals surface area contributed by atoms with Gasteiger partial charge in [0, 0.05) is 13.6 Å². The summed E-state index contributed by atoms with van der Waals surface area (Å²) in [5.41, 5.74) is 1.77. The molecule has 0 atom stereocenters. The van der Waals surface area contributed by atoms with E-state index in [9.17, 15) is 4.39 Å². The monoisotopic (exact) mass is 363 g/mol. The van der Waals surface area contributed by atoms with Crippen molar-refractivity contribution in [1.82, 2.24) is 19.7 Å². The van der Waals surface area contributed by atoms with Crippen LogP contribution in [0.15, 0.2) is 35.2 Å². The van der Waals surface area contributed by atoms with Crippen molar-refractivity contribution in [3.05, 3.63) is 46.6 Å². The molecule has 2 heterocycles. The predicted molar refractivity (Wildman–Crippen MR) is 87.2 cm³/mol. The third-order valence-corrected chi connectivity index (χ3v) is 3.96. The first kappa shape index (κ1) is 14.9. The summed E-state index contributed by atoms with van der Waals surface area (Å²) in [4.78, 5) is 8.50.